The molecule has 0 bridgehead atoms. The van der Waals surface area contributed by atoms with Crippen LogP contribution in [0.5, 0.6) is 0 Å². The molecule has 0 amide bonds. The van der Waals surface area contributed by atoms with E-state index in [4.69, 9.17) is 4.74 Å². The molecule has 20 heavy (non-hydrogen) atoms. The standard InChI is InChI=1S/C16H22N2O2/c1-3-20-15(19)14-11(2)13(17-18-14)12-9-16(10-12)7-5-4-6-8-16/h9H,3-8,10H2,1-2H3,(H,17,18). The van der Waals surface area contributed by atoms with E-state index in [1.165, 1.54) is 37.7 Å². The molecule has 2 aliphatic rings. The van der Waals surface area contributed by atoms with Gasteiger partial charge in [-0.25, -0.2) is 4.79 Å². The zero-order chi connectivity index (χ0) is 14.2. The smallest absolute Gasteiger partial charge is 0.356 e. The summed E-state index contributed by atoms with van der Waals surface area (Å²) in [6.45, 7) is 4.14. The number of aromatic nitrogens is 2. The van der Waals surface area contributed by atoms with Crippen molar-refractivity contribution < 1.29 is 9.53 Å². The van der Waals surface area contributed by atoms with Crippen LogP contribution in [0.3, 0.4) is 0 Å². The number of hydrogen-bond acceptors (Lipinski definition) is 3. The van der Waals surface area contributed by atoms with Gasteiger partial charge >= 0.3 is 5.97 Å². The van der Waals surface area contributed by atoms with Crippen molar-refractivity contribution in [2.45, 2.75) is 52.4 Å². The Morgan fingerprint density at radius 2 is 2.10 bits per heavy atom. The molecule has 1 spiro atoms. The van der Waals surface area contributed by atoms with Crippen LogP contribution < -0.4 is 0 Å². The lowest BCUT2D eigenvalue weighted by molar-refractivity contribution is 0.0518. The lowest BCUT2D eigenvalue weighted by atomic mass is 9.62. The third-order valence-corrected chi connectivity index (χ3v) is 4.67. The number of carbonyl (C=O) groups excluding carboxylic acids is 1. The second-order valence-corrected chi connectivity index (χ2v) is 6.06. The van der Waals surface area contributed by atoms with Crippen molar-refractivity contribution in [1.29, 1.82) is 0 Å². The van der Waals surface area contributed by atoms with Crippen LogP contribution in [-0.4, -0.2) is 22.8 Å². The molecule has 108 valence electrons. The van der Waals surface area contributed by atoms with Crippen LogP contribution >= 0.6 is 0 Å². The highest BCUT2D eigenvalue weighted by Crippen LogP contribution is 2.53. The highest BCUT2D eigenvalue weighted by molar-refractivity contribution is 5.90. The summed E-state index contributed by atoms with van der Waals surface area (Å²) in [7, 11) is 0. The number of esters is 1. The summed E-state index contributed by atoms with van der Waals surface area (Å²) in [5.74, 6) is -0.309. The Morgan fingerprint density at radius 1 is 1.40 bits per heavy atom. The summed E-state index contributed by atoms with van der Waals surface area (Å²) >= 11 is 0. The fourth-order valence-corrected chi connectivity index (χ4v) is 3.56. The third kappa shape index (κ3) is 2.17. The summed E-state index contributed by atoms with van der Waals surface area (Å²) < 4.78 is 5.03. The van der Waals surface area contributed by atoms with E-state index in [0.29, 0.717) is 17.7 Å². The van der Waals surface area contributed by atoms with Gasteiger partial charge in [-0.15, -0.1) is 0 Å². The van der Waals surface area contributed by atoms with Crippen LogP contribution in [0.25, 0.3) is 5.57 Å². The van der Waals surface area contributed by atoms with Crippen molar-refractivity contribution in [2.75, 3.05) is 6.61 Å². The third-order valence-electron chi connectivity index (χ3n) is 4.67. The number of rotatable bonds is 3. The van der Waals surface area contributed by atoms with Crippen molar-refractivity contribution >= 4 is 11.5 Å². The van der Waals surface area contributed by atoms with Crippen LogP contribution in [-0.2, 0) is 4.74 Å². The largest absolute Gasteiger partial charge is 0.461 e. The molecule has 3 rings (SSSR count). The number of aromatic amines is 1. The van der Waals surface area contributed by atoms with Crippen molar-refractivity contribution in [3.8, 4) is 0 Å². The van der Waals surface area contributed by atoms with Crippen LogP contribution in [0.15, 0.2) is 6.08 Å². The Balaban J connectivity index is 1.79. The molecule has 1 aromatic rings. The maximum atomic E-state index is 11.8. The number of nitrogens with zero attached hydrogens (tertiary/aromatic N) is 1. The maximum Gasteiger partial charge on any atom is 0.356 e. The van der Waals surface area contributed by atoms with Crippen molar-refractivity contribution in [3.05, 3.63) is 23.0 Å². The summed E-state index contributed by atoms with van der Waals surface area (Å²) in [6.07, 6.45) is 10.2. The number of hydrogen-bond donors (Lipinski definition) is 1. The minimum absolute atomic E-state index is 0.309. The normalized spacial score (nSPS) is 20.4. The first kappa shape index (κ1) is 13.4. The molecule has 0 saturated heterocycles. The van der Waals surface area contributed by atoms with E-state index in [0.717, 1.165) is 17.7 Å². The van der Waals surface area contributed by atoms with Gasteiger partial charge in [0.05, 0.1) is 12.3 Å². The Hall–Kier alpha value is -1.58. The number of ether oxygens (including phenoxy) is 1. The first-order valence-electron chi connectivity index (χ1n) is 7.59. The molecule has 0 aromatic carbocycles. The Kier molecular flexibility index (Phi) is 3.40. The van der Waals surface area contributed by atoms with Crippen LogP contribution in [0.1, 0.15) is 67.2 Å². The van der Waals surface area contributed by atoms with Crippen LogP contribution in [0.2, 0.25) is 0 Å². The maximum absolute atomic E-state index is 11.8. The highest BCUT2D eigenvalue weighted by atomic mass is 16.5. The fraction of sp³-hybridized carbons (Fsp3) is 0.625. The van der Waals surface area contributed by atoms with E-state index >= 15 is 0 Å². The Bertz CT molecular complexity index is 551. The Labute approximate surface area is 119 Å². The Morgan fingerprint density at radius 3 is 2.75 bits per heavy atom. The fourth-order valence-electron chi connectivity index (χ4n) is 3.56. The molecule has 4 nitrogen and oxygen atoms in total. The average Bonchev–Trinajstić information content (AvgIpc) is 2.79. The average molecular weight is 274 g/mol. The van der Waals surface area contributed by atoms with Gasteiger partial charge in [-0.05, 0) is 44.1 Å². The summed E-state index contributed by atoms with van der Waals surface area (Å²) in [5.41, 5.74) is 4.08. The molecular weight excluding hydrogens is 252 g/mol. The predicted molar refractivity (Wildman–Crippen MR) is 77.4 cm³/mol. The van der Waals surface area contributed by atoms with Gasteiger partial charge in [0.25, 0.3) is 0 Å². The highest BCUT2D eigenvalue weighted by Gasteiger charge is 2.39. The van der Waals surface area contributed by atoms with E-state index < -0.39 is 0 Å². The van der Waals surface area contributed by atoms with Gasteiger partial charge in [0, 0.05) is 5.56 Å². The molecule has 0 aliphatic heterocycles. The summed E-state index contributed by atoms with van der Waals surface area (Å²) in [5, 5.41) is 7.16. The molecular formula is C16H22N2O2. The second kappa shape index (κ2) is 5.08. The number of carbonyl (C=O) groups is 1. The van der Waals surface area contributed by atoms with E-state index in [9.17, 15) is 4.79 Å². The zero-order valence-electron chi connectivity index (χ0n) is 12.3. The molecule has 0 atom stereocenters. The summed E-state index contributed by atoms with van der Waals surface area (Å²) in [6, 6.07) is 0. The van der Waals surface area contributed by atoms with E-state index in [1.54, 1.807) is 0 Å². The molecule has 2 aliphatic carbocycles. The summed E-state index contributed by atoms with van der Waals surface area (Å²) in [4.78, 5) is 11.8. The van der Waals surface area contributed by atoms with Crippen LogP contribution in [0, 0.1) is 12.3 Å². The molecule has 0 radical (unpaired) electrons. The minimum atomic E-state index is -0.309. The topological polar surface area (TPSA) is 55.0 Å². The molecule has 1 heterocycles. The van der Waals surface area contributed by atoms with E-state index in [-0.39, 0.29) is 5.97 Å². The van der Waals surface area contributed by atoms with Gasteiger partial charge in [-0.1, -0.05) is 25.3 Å². The van der Waals surface area contributed by atoms with Gasteiger partial charge < -0.3 is 4.74 Å². The number of nitrogens with one attached hydrogen (secondary N) is 1. The van der Waals surface area contributed by atoms with Crippen LogP contribution in [0.4, 0.5) is 0 Å². The second-order valence-electron chi connectivity index (χ2n) is 6.06. The zero-order valence-corrected chi connectivity index (χ0v) is 12.3. The molecule has 0 unspecified atom stereocenters. The lowest BCUT2D eigenvalue weighted by Gasteiger charge is -2.42. The van der Waals surface area contributed by atoms with Crippen molar-refractivity contribution in [3.63, 3.8) is 0 Å². The van der Waals surface area contributed by atoms with Gasteiger partial charge in [-0.2, -0.15) is 5.10 Å². The van der Waals surface area contributed by atoms with Gasteiger partial charge in [-0.3, -0.25) is 5.10 Å². The monoisotopic (exact) mass is 274 g/mol. The van der Waals surface area contributed by atoms with Gasteiger partial charge in [0.15, 0.2) is 0 Å². The minimum Gasteiger partial charge on any atom is -0.461 e. The van der Waals surface area contributed by atoms with Gasteiger partial charge in [0.2, 0.25) is 0 Å². The molecule has 1 N–H and O–H groups in total. The number of H-pyrrole nitrogens is 1. The molecule has 1 saturated carbocycles. The van der Waals surface area contributed by atoms with Crippen molar-refractivity contribution in [1.82, 2.24) is 10.2 Å². The van der Waals surface area contributed by atoms with E-state index in [2.05, 4.69) is 16.3 Å². The lowest BCUT2D eigenvalue weighted by Crippen LogP contribution is -2.29. The molecule has 1 aromatic heterocycles. The SMILES string of the molecule is CCOC(=O)c1[nH]nc(C2=CC3(CCCCC3)C2)c1C. The number of allylic oxidation sites excluding steroid dienone is 2. The van der Waals surface area contributed by atoms with Gasteiger partial charge in [0.1, 0.15) is 5.69 Å². The quantitative estimate of drug-likeness (QED) is 0.856. The molecule has 1 fully saturated rings. The first-order chi connectivity index (χ1) is 9.65. The predicted octanol–water partition coefficient (Wildman–Crippen LogP) is 3.63. The van der Waals surface area contributed by atoms with E-state index in [1.807, 2.05) is 13.8 Å². The molecule has 4 heteroatoms. The van der Waals surface area contributed by atoms with Crippen molar-refractivity contribution in [2.24, 2.45) is 5.41 Å². The first-order valence-corrected chi connectivity index (χ1v) is 7.59.